The molecule has 2 heterocycles. The maximum absolute atomic E-state index is 12.4. The molecule has 0 bridgehead atoms. The molecule has 0 fully saturated rings. The number of pyridine rings is 1. The lowest BCUT2D eigenvalue weighted by molar-refractivity contribution is -0.124. The number of thiophene rings is 1. The van der Waals surface area contributed by atoms with E-state index in [4.69, 9.17) is 4.74 Å². The van der Waals surface area contributed by atoms with E-state index in [2.05, 4.69) is 10.3 Å². The van der Waals surface area contributed by atoms with E-state index in [9.17, 15) is 9.59 Å². The molecule has 3 rings (SSSR count). The van der Waals surface area contributed by atoms with Crippen LogP contribution in [0.2, 0.25) is 0 Å². The number of ether oxygens (including phenoxy) is 1. The lowest BCUT2D eigenvalue weighted by Crippen LogP contribution is -2.31. The van der Waals surface area contributed by atoms with Gasteiger partial charge in [-0.15, -0.1) is 11.3 Å². The highest BCUT2D eigenvalue weighted by molar-refractivity contribution is 7.14. The minimum absolute atomic E-state index is 0.333. The number of hydrogen-bond donors (Lipinski definition) is 1. The standard InChI is InChI=1S/C18H20N2O3S/c1-2-14(17(21)20-13-7-5-9-19-11-13)23-18(22)16-10-12-6-3-4-8-15(12)24-16/h5,7,9-11,14H,2-4,6,8H2,1H3,(H,20,21). The Labute approximate surface area is 145 Å². The first kappa shape index (κ1) is 16.6. The van der Waals surface area contributed by atoms with Gasteiger partial charge in [0.05, 0.1) is 11.9 Å². The van der Waals surface area contributed by atoms with Crippen LogP contribution in [-0.2, 0) is 22.4 Å². The molecule has 1 N–H and O–H groups in total. The van der Waals surface area contributed by atoms with E-state index in [0.717, 1.165) is 12.8 Å². The number of rotatable bonds is 5. The van der Waals surface area contributed by atoms with Crippen LogP contribution in [0.4, 0.5) is 5.69 Å². The lowest BCUT2D eigenvalue weighted by atomic mass is 9.99. The Bertz CT molecular complexity index is 704. The molecule has 126 valence electrons. The molecule has 5 nitrogen and oxygen atoms in total. The topological polar surface area (TPSA) is 68.3 Å². The Morgan fingerprint density at radius 3 is 2.92 bits per heavy atom. The highest BCUT2D eigenvalue weighted by Crippen LogP contribution is 2.30. The highest BCUT2D eigenvalue weighted by atomic mass is 32.1. The first-order valence-corrected chi connectivity index (χ1v) is 9.02. The van der Waals surface area contributed by atoms with Crippen LogP contribution in [0.1, 0.15) is 46.3 Å². The number of amides is 1. The molecule has 1 amide bonds. The van der Waals surface area contributed by atoms with E-state index in [0.29, 0.717) is 17.0 Å². The molecular formula is C18H20N2O3S. The van der Waals surface area contributed by atoms with Gasteiger partial charge in [0.2, 0.25) is 0 Å². The van der Waals surface area contributed by atoms with Crippen molar-refractivity contribution in [3.63, 3.8) is 0 Å². The molecule has 2 aromatic heterocycles. The van der Waals surface area contributed by atoms with Crippen molar-refractivity contribution in [2.45, 2.75) is 45.1 Å². The van der Waals surface area contributed by atoms with Crippen LogP contribution in [0.25, 0.3) is 0 Å². The van der Waals surface area contributed by atoms with Gasteiger partial charge in [-0.3, -0.25) is 9.78 Å². The Hall–Kier alpha value is -2.21. The van der Waals surface area contributed by atoms with Crippen LogP contribution in [-0.4, -0.2) is 23.0 Å². The Balaban J connectivity index is 1.65. The van der Waals surface area contributed by atoms with Gasteiger partial charge in [-0.1, -0.05) is 6.92 Å². The summed E-state index contributed by atoms with van der Waals surface area (Å²) < 4.78 is 5.44. The molecule has 1 aliphatic rings. The highest BCUT2D eigenvalue weighted by Gasteiger charge is 2.24. The number of nitrogens with zero attached hydrogens (tertiary/aromatic N) is 1. The fourth-order valence-corrected chi connectivity index (χ4v) is 3.90. The normalized spacial score (nSPS) is 14.5. The molecule has 1 unspecified atom stereocenters. The van der Waals surface area contributed by atoms with Crippen LogP contribution in [0.3, 0.4) is 0 Å². The molecule has 0 radical (unpaired) electrons. The minimum atomic E-state index is -0.808. The van der Waals surface area contributed by atoms with Crippen LogP contribution in [0, 0.1) is 0 Å². The Morgan fingerprint density at radius 1 is 1.38 bits per heavy atom. The van der Waals surface area contributed by atoms with Gasteiger partial charge in [-0.05, 0) is 55.9 Å². The van der Waals surface area contributed by atoms with Crippen molar-refractivity contribution in [3.05, 3.63) is 45.9 Å². The zero-order valence-corrected chi connectivity index (χ0v) is 14.4. The van der Waals surface area contributed by atoms with Crippen LogP contribution in [0.15, 0.2) is 30.6 Å². The maximum Gasteiger partial charge on any atom is 0.349 e. The summed E-state index contributed by atoms with van der Waals surface area (Å²) in [6, 6.07) is 5.40. The average molecular weight is 344 g/mol. The number of hydrogen-bond acceptors (Lipinski definition) is 5. The second-order valence-corrected chi connectivity index (χ2v) is 6.94. The van der Waals surface area contributed by atoms with Crippen molar-refractivity contribution in [3.8, 4) is 0 Å². The first-order valence-electron chi connectivity index (χ1n) is 8.21. The SMILES string of the molecule is CCC(OC(=O)c1cc2c(s1)CCCC2)C(=O)Nc1cccnc1. The second kappa shape index (κ2) is 7.57. The van der Waals surface area contributed by atoms with Crippen molar-refractivity contribution >= 4 is 28.9 Å². The number of nitrogens with one attached hydrogen (secondary N) is 1. The van der Waals surface area contributed by atoms with E-state index in [1.54, 1.807) is 24.5 Å². The molecule has 1 aliphatic carbocycles. The van der Waals surface area contributed by atoms with Crippen LogP contribution < -0.4 is 5.32 Å². The molecule has 6 heteroatoms. The molecule has 0 saturated carbocycles. The Kier molecular flexibility index (Phi) is 5.25. The van der Waals surface area contributed by atoms with Crippen molar-refractivity contribution in [1.82, 2.24) is 4.98 Å². The van der Waals surface area contributed by atoms with E-state index >= 15 is 0 Å². The van der Waals surface area contributed by atoms with Gasteiger partial charge in [-0.25, -0.2) is 4.79 Å². The minimum Gasteiger partial charge on any atom is -0.448 e. The van der Waals surface area contributed by atoms with Gasteiger partial charge in [0.1, 0.15) is 4.88 Å². The van der Waals surface area contributed by atoms with Crippen molar-refractivity contribution in [2.75, 3.05) is 5.32 Å². The summed E-state index contributed by atoms with van der Waals surface area (Å²) in [6.45, 7) is 1.82. The van der Waals surface area contributed by atoms with E-state index in [-0.39, 0.29) is 5.91 Å². The van der Waals surface area contributed by atoms with E-state index in [1.807, 2.05) is 13.0 Å². The zero-order chi connectivity index (χ0) is 16.9. The molecule has 0 aromatic carbocycles. The van der Waals surface area contributed by atoms with Crippen LogP contribution >= 0.6 is 11.3 Å². The molecule has 1 atom stereocenters. The molecular weight excluding hydrogens is 324 g/mol. The van der Waals surface area contributed by atoms with Gasteiger partial charge in [-0.2, -0.15) is 0 Å². The second-order valence-electron chi connectivity index (χ2n) is 5.80. The summed E-state index contributed by atoms with van der Waals surface area (Å²) in [6.07, 6.45) is 7.20. The summed E-state index contributed by atoms with van der Waals surface area (Å²) in [5.41, 5.74) is 1.84. The summed E-state index contributed by atoms with van der Waals surface area (Å²) in [5.74, 6) is -0.747. The molecule has 2 aromatic rings. The molecule has 0 aliphatic heterocycles. The summed E-state index contributed by atoms with van der Waals surface area (Å²) in [5, 5.41) is 2.72. The fourth-order valence-electron chi connectivity index (χ4n) is 2.76. The van der Waals surface area contributed by atoms with Crippen molar-refractivity contribution in [2.24, 2.45) is 0 Å². The molecule has 24 heavy (non-hydrogen) atoms. The number of esters is 1. The van der Waals surface area contributed by atoms with Crippen molar-refractivity contribution in [1.29, 1.82) is 0 Å². The monoisotopic (exact) mass is 344 g/mol. The number of anilines is 1. The van der Waals surface area contributed by atoms with E-state index < -0.39 is 12.1 Å². The van der Waals surface area contributed by atoms with Gasteiger partial charge < -0.3 is 10.1 Å². The van der Waals surface area contributed by atoms with Crippen molar-refractivity contribution < 1.29 is 14.3 Å². The predicted molar refractivity (Wildman–Crippen MR) is 93.3 cm³/mol. The zero-order valence-electron chi connectivity index (χ0n) is 13.6. The van der Waals surface area contributed by atoms with Crippen LogP contribution in [0.5, 0.6) is 0 Å². The third kappa shape index (κ3) is 3.82. The number of fused-ring (bicyclic) bond motifs is 1. The summed E-state index contributed by atoms with van der Waals surface area (Å²) in [4.78, 5) is 30.5. The van der Waals surface area contributed by atoms with Gasteiger partial charge >= 0.3 is 5.97 Å². The van der Waals surface area contributed by atoms with Gasteiger partial charge in [0.25, 0.3) is 5.91 Å². The quantitative estimate of drug-likeness (QED) is 0.842. The summed E-state index contributed by atoms with van der Waals surface area (Å²) in [7, 11) is 0. The van der Waals surface area contributed by atoms with E-state index in [1.165, 1.54) is 34.6 Å². The predicted octanol–water partition coefficient (Wildman–Crippen LogP) is 3.60. The smallest absolute Gasteiger partial charge is 0.349 e. The van der Waals surface area contributed by atoms with Gasteiger partial charge in [0.15, 0.2) is 6.10 Å². The first-order chi connectivity index (χ1) is 11.7. The third-order valence-electron chi connectivity index (χ3n) is 4.04. The maximum atomic E-state index is 12.4. The number of aryl methyl sites for hydroxylation is 2. The fraction of sp³-hybridized carbons (Fsp3) is 0.389. The van der Waals surface area contributed by atoms with Gasteiger partial charge in [0, 0.05) is 11.1 Å². The molecule has 0 spiro atoms. The Morgan fingerprint density at radius 2 is 2.21 bits per heavy atom. The molecule has 0 saturated heterocycles. The lowest BCUT2D eigenvalue weighted by Gasteiger charge is -2.15. The average Bonchev–Trinajstić information content (AvgIpc) is 3.04. The number of carbonyl (C=O) groups is 2. The third-order valence-corrected chi connectivity index (χ3v) is 5.26. The number of aromatic nitrogens is 1. The largest absolute Gasteiger partial charge is 0.448 e. The summed E-state index contributed by atoms with van der Waals surface area (Å²) >= 11 is 1.50. The number of carbonyl (C=O) groups excluding carboxylic acids is 2.